The Hall–Kier alpha value is -6.72. The van der Waals surface area contributed by atoms with Crippen LogP contribution in [0.4, 0.5) is 0 Å². The largest absolute Gasteiger partial charge is 0.381 e. The molecule has 0 aliphatic rings. The number of rotatable bonds is 74. The lowest BCUT2D eigenvalue weighted by atomic mass is 9.85. The highest BCUT2D eigenvalue weighted by Gasteiger charge is 2.26. The molecular formula is C98H156N6O10. The number of amides is 6. The first kappa shape index (κ1) is 97.9. The Labute approximate surface area is 690 Å². The number of carbonyl (C=O) groups excluding carboxylic acids is 6. The van der Waals surface area contributed by atoms with Crippen molar-refractivity contribution in [3.8, 4) is 22.3 Å². The Morgan fingerprint density at radius 1 is 0.263 bits per heavy atom. The number of hydrogen-bond donors (Lipinski definition) is 6. The van der Waals surface area contributed by atoms with Crippen molar-refractivity contribution in [2.75, 3.05) is 79.0 Å². The maximum Gasteiger partial charge on any atom is 0.251 e. The fraction of sp³-hybridized carbons (Fsp3) is 0.673. The molecule has 16 heteroatoms. The maximum atomic E-state index is 14.3. The van der Waals surface area contributed by atoms with E-state index in [-0.39, 0.29) is 49.3 Å². The highest BCUT2D eigenvalue weighted by molar-refractivity contribution is 6.21. The van der Waals surface area contributed by atoms with Gasteiger partial charge in [-0.1, -0.05) is 332 Å². The van der Waals surface area contributed by atoms with Gasteiger partial charge in [-0.2, -0.15) is 0 Å². The first-order chi connectivity index (χ1) is 56.1. The van der Waals surface area contributed by atoms with Crippen LogP contribution in [0.1, 0.15) is 357 Å². The van der Waals surface area contributed by atoms with Gasteiger partial charge in [0.2, 0.25) is 23.6 Å². The highest BCUT2D eigenvalue weighted by atomic mass is 16.5. The molecule has 0 spiro atoms. The van der Waals surface area contributed by atoms with Crippen LogP contribution in [0.5, 0.6) is 0 Å². The van der Waals surface area contributed by atoms with Gasteiger partial charge in [0.05, 0.1) is 0 Å². The van der Waals surface area contributed by atoms with Crippen molar-refractivity contribution in [1.82, 2.24) is 31.9 Å². The summed E-state index contributed by atoms with van der Waals surface area (Å²) in [6.45, 7) is 15.8. The van der Waals surface area contributed by atoms with E-state index < -0.39 is 23.9 Å². The van der Waals surface area contributed by atoms with Gasteiger partial charge in [0.25, 0.3) is 11.8 Å². The summed E-state index contributed by atoms with van der Waals surface area (Å²) in [5.41, 5.74) is 4.52. The van der Waals surface area contributed by atoms with Crippen molar-refractivity contribution >= 4 is 57.0 Å². The van der Waals surface area contributed by atoms with Crippen LogP contribution in [0, 0.1) is 0 Å². The average Bonchev–Trinajstić information content (AvgIpc) is 0.736. The predicted molar refractivity (Wildman–Crippen MR) is 474 cm³/mol. The van der Waals surface area contributed by atoms with Gasteiger partial charge in [0.1, 0.15) is 12.1 Å². The van der Waals surface area contributed by atoms with E-state index in [1.165, 1.54) is 218 Å². The standard InChI is InChI=1S/C98H156N6O10/c1-5-9-13-17-21-25-29-33-37-45-73-111-77-49-69-99-91(105)67-65-89(97(109)101-71-51-79-113-75-47-39-35-31-27-23-19-15-11-7-3)103-95(107)83-61-57-81(58-62-83)93-85-53-41-43-55-87(85)94(88-56-44-42-54-86(88)93)82-59-63-84(64-60-82)96(108)104-90(98(110)102-72-52-80-114-76-48-40-36-32-28-24-20-16-12-8-4)66-68-92(106)100-70-50-78-112-74-46-38-34-30-26-22-18-14-10-6-2/h41-44,53-64,89-90H,5-40,45-52,65-80H2,1-4H3,(H,99,105)(H,100,106)(H,101,109)(H,102,110)(H,103,107)(H,104,108). The molecule has 6 amide bonds. The predicted octanol–water partition coefficient (Wildman–Crippen LogP) is 22.9. The highest BCUT2D eigenvalue weighted by Crippen LogP contribution is 2.44. The van der Waals surface area contributed by atoms with Crippen molar-refractivity contribution in [2.45, 2.75) is 348 Å². The third-order valence-electron chi connectivity index (χ3n) is 22.0. The molecule has 2 atom stereocenters. The quantitative estimate of drug-likeness (QED) is 0.0160. The van der Waals surface area contributed by atoms with Gasteiger partial charge < -0.3 is 50.8 Å². The molecule has 5 aromatic rings. The van der Waals surface area contributed by atoms with Gasteiger partial charge in [-0.3, -0.25) is 28.8 Å². The normalized spacial score (nSPS) is 12.0. The lowest BCUT2D eigenvalue weighted by molar-refractivity contribution is -0.125. The van der Waals surface area contributed by atoms with Crippen molar-refractivity contribution < 1.29 is 47.7 Å². The topological polar surface area (TPSA) is 212 Å². The third kappa shape index (κ3) is 44.0. The van der Waals surface area contributed by atoms with Gasteiger partial charge in [-0.05, 0) is 132 Å². The molecule has 0 aliphatic carbocycles. The van der Waals surface area contributed by atoms with E-state index in [0.717, 1.165) is 95.5 Å². The first-order valence-corrected chi connectivity index (χ1v) is 46.3. The summed E-state index contributed by atoms with van der Waals surface area (Å²) in [6.07, 6.45) is 53.8. The second kappa shape index (κ2) is 66.3. The van der Waals surface area contributed by atoms with E-state index in [4.69, 9.17) is 18.9 Å². The van der Waals surface area contributed by atoms with Crippen LogP contribution in [-0.2, 0) is 38.1 Å². The van der Waals surface area contributed by atoms with Crippen molar-refractivity contribution in [3.05, 3.63) is 108 Å². The first-order valence-electron chi connectivity index (χ1n) is 46.3. The van der Waals surface area contributed by atoms with E-state index >= 15 is 0 Å². The Bertz CT molecular complexity index is 3030. The fourth-order valence-electron chi connectivity index (χ4n) is 15.1. The number of carbonyl (C=O) groups is 6. The molecule has 0 radical (unpaired) electrons. The number of unbranched alkanes of at least 4 members (excludes halogenated alkanes) is 36. The molecular weight excluding hydrogens is 1420 g/mol. The molecule has 114 heavy (non-hydrogen) atoms. The number of hydrogen-bond acceptors (Lipinski definition) is 10. The van der Waals surface area contributed by atoms with Gasteiger partial charge in [-0.25, -0.2) is 0 Å². The Balaban J connectivity index is 1.20. The molecule has 0 saturated carbocycles. The number of benzene rings is 5. The Morgan fingerprint density at radius 2 is 0.482 bits per heavy atom. The average molecular weight is 1580 g/mol. The summed E-state index contributed by atoms with van der Waals surface area (Å²) in [5.74, 6) is -1.89. The Morgan fingerprint density at radius 3 is 0.728 bits per heavy atom. The summed E-state index contributed by atoms with van der Waals surface area (Å²) in [4.78, 5) is 83.0. The van der Waals surface area contributed by atoms with Crippen LogP contribution in [0.15, 0.2) is 97.1 Å². The lowest BCUT2D eigenvalue weighted by Crippen LogP contribution is -2.47. The molecule has 0 fully saturated rings. The molecule has 16 nitrogen and oxygen atoms in total. The smallest absolute Gasteiger partial charge is 0.251 e. The van der Waals surface area contributed by atoms with E-state index in [2.05, 4.69) is 83.9 Å². The molecule has 0 aliphatic heterocycles. The van der Waals surface area contributed by atoms with E-state index in [9.17, 15) is 28.8 Å². The fourth-order valence-corrected chi connectivity index (χ4v) is 15.1. The zero-order valence-electron chi connectivity index (χ0n) is 71.9. The van der Waals surface area contributed by atoms with Crippen LogP contribution < -0.4 is 31.9 Å². The van der Waals surface area contributed by atoms with Crippen molar-refractivity contribution in [1.29, 1.82) is 0 Å². The molecule has 5 rings (SSSR count). The van der Waals surface area contributed by atoms with E-state index in [0.29, 0.717) is 103 Å². The number of ether oxygens (including phenoxy) is 4. The molecule has 0 bridgehead atoms. The maximum absolute atomic E-state index is 14.3. The van der Waals surface area contributed by atoms with Gasteiger partial charge in [-0.15, -0.1) is 0 Å². The molecule has 2 unspecified atom stereocenters. The number of nitrogens with one attached hydrogen (secondary N) is 6. The minimum atomic E-state index is -0.952. The lowest BCUT2D eigenvalue weighted by Gasteiger charge is -2.20. The van der Waals surface area contributed by atoms with Gasteiger partial charge in [0.15, 0.2) is 0 Å². The monoisotopic (exact) mass is 1580 g/mol. The third-order valence-corrected chi connectivity index (χ3v) is 22.0. The number of fused-ring (bicyclic) bond motifs is 2. The summed E-state index contributed by atoms with van der Waals surface area (Å²) in [7, 11) is 0. The minimum Gasteiger partial charge on any atom is -0.381 e. The molecule has 0 heterocycles. The molecule has 0 saturated heterocycles. The molecule has 0 aromatic heterocycles. The van der Waals surface area contributed by atoms with Crippen LogP contribution in [0.3, 0.4) is 0 Å². The van der Waals surface area contributed by atoms with Crippen LogP contribution in [-0.4, -0.2) is 127 Å². The Kier molecular flexibility index (Phi) is 56.9. The van der Waals surface area contributed by atoms with Crippen LogP contribution in [0.2, 0.25) is 0 Å². The van der Waals surface area contributed by atoms with Crippen LogP contribution in [0.25, 0.3) is 43.8 Å². The zero-order valence-corrected chi connectivity index (χ0v) is 71.9. The van der Waals surface area contributed by atoms with Crippen molar-refractivity contribution in [2.24, 2.45) is 0 Å². The summed E-state index contributed by atoms with van der Waals surface area (Å²) in [5, 5.41) is 22.0. The van der Waals surface area contributed by atoms with Crippen molar-refractivity contribution in [3.63, 3.8) is 0 Å². The second-order valence-electron chi connectivity index (χ2n) is 32.0. The van der Waals surface area contributed by atoms with E-state index in [1.54, 1.807) is 24.3 Å². The molecule has 638 valence electrons. The molecule has 5 aromatic carbocycles. The SMILES string of the molecule is CCCCCCCCCCCCOCCCNC(=O)CCC(NC(=O)c1ccc(-c2c3ccccc3c(-c3ccc(C(=O)NC(CCC(=O)NCCCOCCCCCCCCCCCC)C(=O)NCCCOCCCCCCCCCCCC)cc3)c3ccccc23)cc1)C(=O)NCCCOCCCCCCCCCCCC. The summed E-state index contributed by atoms with van der Waals surface area (Å²) in [6, 6.07) is 29.5. The summed E-state index contributed by atoms with van der Waals surface area (Å²) < 4.78 is 23.7. The summed E-state index contributed by atoms with van der Waals surface area (Å²) >= 11 is 0. The van der Waals surface area contributed by atoms with Crippen LogP contribution >= 0.6 is 0 Å². The zero-order chi connectivity index (χ0) is 81.2. The van der Waals surface area contributed by atoms with Gasteiger partial charge in [0, 0.05) is 103 Å². The van der Waals surface area contributed by atoms with Gasteiger partial charge >= 0.3 is 0 Å². The second-order valence-corrected chi connectivity index (χ2v) is 32.0. The molecule has 6 N–H and O–H groups in total. The van der Waals surface area contributed by atoms with E-state index in [1.807, 2.05) is 48.5 Å². The minimum absolute atomic E-state index is 0.0605.